The van der Waals surface area contributed by atoms with Gasteiger partial charge in [-0.3, -0.25) is 9.67 Å². The Morgan fingerprint density at radius 2 is 1.83 bits per heavy atom. The number of aromatic nitrogens is 3. The predicted molar refractivity (Wildman–Crippen MR) is 94.6 cm³/mol. The number of unbranched alkanes of at least 4 members (excludes halogenated alkanes) is 1. The second-order valence-corrected chi connectivity index (χ2v) is 5.64. The zero-order valence-electron chi connectivity index (χ0n) is 13.0. The molecule has 1 heterocycles. The quantitative estimate of drug-likeness (QED) is 0.524. The highest BCUT2D eigenvalue weighted by molar-refractivity contribution is 7.71. The first-order valence-corrected chi connectivity index (χ1v) is 8.16. The van der Waals surface area contributed by atoms with Crippen molar-refractivity contribution >= 4 is 12.2 Å². The van der Waals surface area contributed by atoms with E-state index in [4.69, 9.17) is 17.0 Å². The summed E-state index contributed by atoms with van der Waals surface area (Å²) in [7, 11) is 0. The number of benzene rings is 2. The van der Waals surface area contributed by atoms with Gasteiger partial charge in [-0.2, -0.15) is 5.10 Å². The van der Waals surface area contributed by atoms with Gasteiger partial charge in [0, 0.05) is 11.3 Å². The first kappa shape index (κ1) is 15.5. The highest BCUT2D eigenvalue weighted by Gasteiger charge is 2.10. The van der Waals surface area contributed by atoms with Crippen molar-refractivity contribution < 1.29 is 4.74 Å². The summed E-state index contributed by atoms with van der Waals surface area (Å²) < 4.78 is 8.21. The van der Waals surface area contributed by atoms with E-state index in [0.717, 1.165) is 42.3 Å². The van der Waals surface area contributed by atoms with E-state index in [1.165, 1.54) is 0 Å². The minimum absolute atomic E-state index is 0.578. The summed E-state index contributed by atoms with van der Waals surface area (Å²) in [5, 5.41) is 7.25. The molecular formula is C18H19N3OS. The number of aromatic amines is 1. The molecule has 1 aromatic heterocycles. The summed E-state index contributed by atoms with van der Waals surface area (Å²) in [6, 6.07) is 17.9. The Balaban J connectivity index is 1.90. The number of rotatable bonds is 6. The lowest BCUT2D eigenvalue weighted by Gasteiger charge is -2.08. The first-order valence-electron chi connectivity index (χ1n) is 7.75. The molecule has 0 spiro atoms. The number of nitrogens with zero attached hydrogens (tertiary/aromatic N) is 2. The number of hydrogen-bond donors (Lipinski definition) is 1. The molecule has 0 aliphatic carbocycles. The highest BCUT2D eigenvalue weighted by Crippen LogP contribution is 2.23. The number of H-pyrrole nitrogens is 1. The van der Waals surface area contributed by atoms with Crippen molar-refractivity contribution in [3.63, 3.8) is 0 Å². The normalized spacial score (nSPS) is 10.7. The van der Waals surface area contributed by atoms with Crippen LogP contribution in [0.15, 0.2) is 54.6 Å². The van der Waals surface area contributed by atoms with E-state index < -0.39 is 0 Å². The fourth-order valence-electron chi connectivity index (χ4n) is 2.34. The van der Waals surface area contributed by atoms with Crippen molar-refractivity contribution in [2.45, 2.75) is 19.8 Å². The van der Waals surface area contributed by atoms with Crippen LogP contribution >= 0.6 is 12.2 Å². The van der Waals surface area contributed by atoms with Crippen LogP contribution < -0.4 is 4.74 Å². The van der Waals surface area contributed by atoms with Crippen molar-refractivity contribution in [3.8, 4) is 22.8 Å². The van der Waals surface area contributed by atoms with Crippen LogP contribution in [0.5, 0.6) is 5.75 Å². The van der Waals surface area contributed by atoms with Gasteiger partial charge in [-0.25, -0.2) is 0 Å². The fraction of sp³-hybridized carbons (Fsp3) is 0.222. The summed E-state index contributed by atoms with van der Waals surface area (Å²) >= 11 is 5.37. The number of hydrogen-bond acceptors (Lipinski definition) is 3. The second kappa shape index (κ2) is 7.24. The predicted octanol–water partition coefficient (Wildman–Crippen LogP) is 4.78. The van der Waals surface area contributed by atoms with Crippen LogP contribution in [0.4, 0.5) is 0 Å². The standard InChI is InChI=1S/C18H19N3OS/c1-2-3-13-22-16-11-9-14(10-12-16)17-19-20-18(23)21(17)15-7-5-4-6-8-15/h4-12H,2-3,13H2,1H3,(H,20,23). The van der Waals surface area contributed by atoms with Crippen LogP contribution in [0, 0.1) is 4.77 Å². The molecule has 0 saturated heterocycles. The molecule has 0 aliphatic rings. The van der Waals surface area contributed by atoms with Crippen molar-refractivity contribution in [1.82, 2.24) is 14.8 Å². The summed E-state index contributed by atoms with van der Waals surface area (Å²) in [6.07, 6.45) is 2.19. The van der Waals surface area contributed by atoms with Gasteiger partial charge in [0.2, 0.25) is 0 Å². The molecule has 3 aromatic rings. The van der Waals surface area contributed by atoms with Crippen molar-refractivity contribution in [2.24, 2.45) is 0 Å². The maximum absolute atomic E-state index is 5.70. The molecule has 0 amide bonds. The van der Waals surface area contributed by atoms with Gasteiger partial charge >= 0.3 is 0 Å². The Labute approximate surface area is 140 Å². The average Bonchev–Trinajstić information content (AvgIpc) is 2.98. The minimum atomic E-state index is 0.578. The van der Waals surface area contributed by atoms with Gasteiger partial charge < -0.3 is 4.74 Å². The Hall–Kier alpha value is -2.40. The lowest BCUT2D eigenvalue weighted by atomic mass is 10.2. The van der Waals surface area contributed by atoms with Gasteiger partial charge in [-0.05, 0) is 55.0 Å². The molecule has 4 nitrogen and oxygen atoms in total. The van der Waals surface area contributed by atoms with Gasteiger partial charge in [-0.15, -0.1) is 0 Å². The summed E-state index contributed by atoms with van der Waals surface area (Å²) in [4.78, 5) is 0. The Bertz CT molecular complexity index is 806. The number of ether oxygens (including phenoxy) is 1. The summed E-state index contributed by atoms with van der Waals surface area (Å²) in [5.41, 5.74) is 1.98. The van der Waals surface area contributed by atoms with Crippen LogP contribution in [0.2, 0.25) is 0 Å². The molecule has 0 saturated carbocycles. The molecule has 23 heavy (non-hydrogen) atoms. The Morgan fingerprint density at radius 1 is 1.09 bits per heavy atom. The highest BCUT2D eigenvalue weighted by atomic mass is 32.1. The molecule has 5 heteroatoms. The van der Waals surface area contributed by atoms with E-state index in [1.54, 1.807) is 0 Å². The summed E-state index contributed by atoms with van der Waals surface area (Å²) in [5.74, 6) is 1.67. The van der Waals surface area contributed by atoms with E-state index >= 15 is 0 Å². The molecule has 1 N–H and O–H groups in total. The maximum Gasteiger partial charge on any atom is 0.200 e. The molecule has 0 unspecified atom stereocenters. The van der Waals surface area contributed by atoms with Crippen LogP contribution in [-0.2, 0) is 0 Å². The van der Waals surface area contributed by atoms with Crippen molar-refractivity contribution in [3.05, 3.63) is 59.4 Å². The van der Waals surface area contributed by atoms with E-state index in [1.807, 2.05) is 59.2 Å². The monoisotopic (exact) mass is 325 g/mol. The third-order valence-electron chi connectivity index (χ3n) is 3.57. The zero-order chi connectivity index (χ0) is 16.1. The fourth-order valence-corrected chi connectivity index (χ4v) is 2.58. The smallest absolute Gasteiger partial charge is 0.200 e. The Kier molecular flexibility index (Phi) is 4.88. The molecule has 0 bridgehead atoms. The van der Waals surface area contributed by atoms with Crippen LogP contribution in [-0.4, -0.2) is 21.4 Å². The molecule has 0 radical (unpaired) electrons. The third-order valence-corrected chi connectivity index (χ3v) is 3.84. The summed E-state index contributed by atoms with van der Waals surface area (Å²) in [6.45, 7) is 2.90. The number of para-hydroxylation sites is 1. The lowest BCUT2D eigenvalue weighted by Crippen LogP contribution is -1.98. The largest absolute Gasteiger partial charge is 0.494 e. The number of nitrogens with one attached hydrogen (secondary N) is 1. The van der Waals surface area contributed by atoms with E-state index in [9.17, 15) is 0 Å². The van der Waals surface area contributed by atoms with Crippen molar-refractivity contribution in [1.29, 1.82) is 0 Å². The van der Waals surface area contributed by atoms with E-state index in [0.29, 0.717) is 4.77 Å². The third kappa shape index (κ3) is 3.51. The van der Waals surface area contributed by atoms with Crippen molar-refractivity contribution in [2.75, 3.05) is 6.61 Å². The van der Waals surface area contributed by atoms with Crippen LogP contribution in [0.1, 0.15) is 19.8 Å². The van der Waals surface area contributed by atoms with E-state index in [2.05, 4.69) is 17.1 Å². The minimum Gasteiger partial charge on any atom is -0.494 e. The topological polar surface area (TPSA) is 42.8 Å². The zero-order valence-corrected chi connectivity index (χ0v) is 13.8. The van der Waals surface area contributed by atoms with Gasteiger partial charge in [0.25, 0.3) is 0 Å². The molecule has 2 aromatic carbocycles. The maximum atomic E-state index is 5.70. The van der Waals surface area contributed by atoms with Gasteiger partial charge in [0.15, 0.2) is 10.6 Å². The molecule has 118 valence electrons. The second-order valence-electron chi connectivity index (χ2n) is 5.25. The molecule has 3 rings (SSSR count). The molecule has 0 aliphatic heterocycles. The van der Waals surface area contributed by atoms with Gasteiger partial charge in [-0.1, -0.05) is 31.5 Å². The lowest BCUT2D eigenvalue weighted by molar-refractivity contribution is 0.309. The van der Waals surface area contributed by atoms with Gasteiger partial charge in [0.05, 0.1) is 6.61 Å². The molecular weight excluding hydrogens is 306 g/mol. The SMILES string of the molecule is CCCCOc1ccc(-c2n[nH]c(=S)n2-c2ccccc2)cc1. The molecule has 0 fully saturated rings. The Morgan fingerprint density at radius 3 is 2.52 bits per heavy atom. The first-order chi connectivity index (χ1) is 11.3. The van der Waals surface area contributed by atoms with Crippen LogP contribution in [0.25, 0.3) is 17.1 Å². The van der Waals surface area contributed by atoms with Gasteiger partial charge in [0.1, 0.15) is 5.75 Å². The molecule has 0 atom stereocenters. The average molecular weight is 325 g/mol. The van der Waals surface area contributed by atoms with E-state index in [-0.39, 0.29) is 0 Å². The van der Waals surface area contributed by atoms with Crippen LogP contribution in [0.3, 0.4) is 0 Å².